The van der Waals surface area contributed by atoms with Gasteiger partial charge < -0.3 is 15.4 Å². The third-order valence-electron chi connectivity index (χ3n) is 3.78. The van der Waals surface area contributed by atoms with Gasteiger partial charge in [0, 0.05) is 21.1 Å². The van der Waals surface area contributed by atoms with Crippen molar-refractivity contribution in [1.29, 1.82) is 0 Å². The zero-order valence-electron chi connectivity index (χ0n) is 15.4. The minimum Gasteiger partial charge on any atom is -0.494 e. The molecule has 9 heteroatoms. The highest BCUT2D eigenvalue weighted by molar-refractivity contribution is 14.1. The van der Waals surface area contributed by atoms with Crippen LogP contribution in [-0.2, 0) is 6.18 Å². The van der Waals surface area contributed by atoms with Gasteiger partial charge in [-0.25, -0.2) is 4.98 Å². The Labute approximate surface area is 179 Å². The van der Waals surface area contributed by atoms with Crippen LogP contribution in [0.3, 0.4) is 0 Å². The van der Waals surface area contributed by atoms with Gasteiger partial charge in [0.15, 0.2) is 0 Å². The number of halogens is 4. The van der Waals surface area contributed by atoms with E-state index in [0.717, 1.165) is 16.2 Å². The molecule has 0 aliphatic carbocycles. The van der Waals surface area contributed by atoms with E-state index in [9.17, 15) is 13.2 Å². The average Bonchev–Trinajstić information content (AvgIpc) is 2.68. The van der Waals surface area contributed by atoms with Gasteiger partial charge in [0.1, 0.15) is 17.1 Å². The van der Waals surface area contributed by atoms with E-state index in [2.05, 4.69) is 43.2 Å². The highest BCUT2D eigenvalue weighted by Crippen LogP contribution is 2.35. The topological polar surface area (TPSA) is 59.1 Å². The Balaban J connectivity index is 1.85. The quantitative estimate of drug-likeness (QED) is 0.359. The van der Waals surface area contributed by atoms with Crippen LogP contribution in [0.2, 0.25) is 0 Å². The van der Waals surface area contributed by atoms with Gasteiger partial charge in [0.2, 0.25) is 5.95 Å². The van der Waals surface area contributed by atoms with Gasteiger partial charge in [0.25, 0.3) is 0 Å². The molecular formula is C20H18F3IN4O. The lowest BCUT2D eigenvalue weighted by molar-refractivity contribution is -0.137. The monoisotopic (exact) mass is 514 g/mol. The number of anilines is 4. The molecule has 0 spiro atoms. The van der Waals surface area contributed by atoms with E-state index in [-0.39, 0.29) is 11.8 Å². The van der Waals surface area contributed by atoms with Crippen LogP contribution in [0.25, 0.3) is 0 Å². The SMILES string of the molecule is CCCOc1ccc(Nc2nc(Nc3ccc(I)cc3)ncc2C(F)(F)F)cc1. The van der Waals surface area contributed by atoms with Gasteiger partial charge in [-0.05, 0) is 77.5 Å². The summed E-state index contributed by atoms with van der Waals surface area (Å²) in [4.78, 5) is 7.85. The van der Waals surface area contributed by atoms with E-state index in [1.807, 2.05) is 19.1 Å². The van der Waals surface area contributed by atoms with Crippen molar-refractivity contribution in [2.45, 2.75) is 19.5 Å². The van der Waals surface area contributed by atoms with Crippen molar-refractivity contribution in [2.24, 2.45) is 0 Å². The molecule has 0 radical (unpaired) electrons. The molecule has 1 heterocycles. The van der Waals surface area contributed by atoms with E-state index in [0.29, 0.717) is 23.7 Å². The predicted octanol–water partition coefficient (Wildman–Crippen LogP) is 6.38. The van der Waals surface area contributed by atoms with Gasteiger partial charge in [-0.2, -0.15) is 18.2 Å². The summed E-state index contributed by atoms with van der Waals surface area (Å²) in [6.45, 7) is 2.57. The molecule has 0 saturated heterocycles. The number of benzene rings is 2. The molecule has 0 bridgehead atoms. The fourth-order valence-corrected chi connectivity index (χ4v) is 2.76. The maximum absolute atomic E-state index is 13.4. The van der Waals surface area contributed by atoms with E-state index >= 15 is 0 Å². The molecule has 0 fully saturated rings. The highest BCUT2D eigenvalue weighted by atomic mass is 127. The summed E-state index contributed by atoms with van der Waals surface area (Å²) >= 11 is 2.16. The van der Waals surface area contributed by atoms with Gasteiger partial charge in [0.05, 0.1) is 6.61 Å². The minimum absolute atomic E-state index is 0.0598. The van der Waals surface area contributed by atoms with Crippen molar-refractivity contribution in [3.8, 4) is 5.75 Å². The molecule has 3 rings (SSSR count). The summed E-state index contributed by atoms with van der Waals surface area (Å²) in [5.74, 6) is 0.379. The summed E-state index contributed by atoms with van der Waals surface area (Å²) < 4.78 is 46.7. The van der Waals surface area contributed by atoms with Crippen LogP contribution in [0.15, 0.2) is 54.7 Å². The van der Waals surface area contributed by atoms with Crippen LogP contribution in [0.4, 0.5) is 36.3 Å². The Morgan fingerprint density at radius 2 is 1.59 bits per heavy atom. The molecule has 0 amide bonds. The van der Waals surface area contributed by atoms with Crippen LogP contribution in [0.5, 0.6) is 5.75 Å². The van der Waals surface area contributed by atoms with Crippen molar-refractivity contribution >= 4 is 45.7 Å². The molecule has 2 N–H and O–H groups in total. The molecule has 0 aliphatic heterocycles. The number of nitrogens with zero attached hydrogens (tertiary/aromatic N) is 2. The van der Waals surface area contributed by atoms with E-state index in [4.69, 9.17) is 4.74 Å². The van der Waals surface area contributed by atoms with Crippen molar-refractivity contribution in [3.05, 3.63) is 63.9 Å². The van der Waals surface area contributed by atoms with Gasteiger partial charge in [-0.15, -0.1) is 0 Å². The first-order chi connectivity index (χ1) is 13.8. The van der Waals surface area contributed by atoms with Crippen LogP contribution < -0.4 is 15.4 Å². The molecule has 1 aromatic heterocycles. The summed E-state index contributed by atoms with van der Waals surface area (Å²) in [6, 6.07) is 14.0. The lowest BCUT2D eigenvalue weighted by Crippen LogP contribution is -2.12. The van der Waals surface area contributed by atoms with Gasteiger partial charge in [-0.1, -0.05) is 6.92 Å². The number of rotatable bonds is 7. The zero-order valence-corrected chi connectivity index (χ0v) is 17.6. The zero-order chi connectivity index (χ0) is 20.9. The fraction of sp³-hybridized carbons (Fsp3) is 0.200. The van der Waals surface area contributed by atoms with Crippen LogP contribution in [0.1, 0.15) is 18.9 Å². The predicted molar refractivity (Wildman–Crippen MR) is 115 cm³/mol. The molecule has 3 aromatic rings. The second-order valence-corrected chi connectivity index (χ2v) is 7.33. The number of nitrogens with one attached hydrogen (secondary N) is 2. The van der Waals surface area contributed by atoms with E-state index in [1.54, 1.807) is 36.4 Å². The lowest BCUT2D eigenvalue weighted by Gasteiger charge is -2.15. The molecule has 5 nitrogen and oxygen atoms in total. The smallest absolute Gasteiger partial charge is 0.421 e. The third-order valence-corrected chi connectivity index (χ3v) is 4.50. The molecule has 0 saturated carbocycles. The van der Waals surface area contributed by atoms with Crippen LogP contribution in [-0.4, -0.2) is 16.6 Å². The first kappa shape index (κ1) is 21.2. The van der Waals surface area contributed by atoms with Crippen molar-refractivity contribution in [2.75, 3.05) is 17.2 Å². The van der Waals surface area contributed by atoms with Crippen molar-refractivity contribution in [3.63, 3.8) is 0 Å². The highest BCUT2D eigenvalue weighted by Gasteiger charge is 2.35. The second-order valence-electron chi connectivity index (χ2n) is 6.08. The molecule has 0 aliphatic rings. The molecule has 2 aromatic carbocycles. The Hall–Kier alpha value is -2.56. The fourth-order valence-electron chi connectivity index (χ4n) is 2.40. The number of aromatic nitrogens is 2. The van der Waals surface area contributed by atoms with E-state index < -0.39 is 11.7 Å². The normalized spacial score (nSPS) is 11.2. The maximum atomic E-state index is 13.4. The Bertz CT molecular complexity index is 947. The van der Waals surface area contributed by atoms with Crippen LogP contribution in [0, 0.1) is 3.57 Å². The number of hydrogen-bond acceptors (Lipinski definition) is 5. The van der Waals surface area contributed by atoms with Crippen molar-refractivity contribution < 1.29 is 17.9 Å². The maximum Gasteiger partial charge on any atom is 0.421 e. The number of ether oxygens (including phenoxy) is 1. The Kier molecular flexibility index (Phi) is 6.78. The molecule has 29 heavy (non-hydrogen) atoms. The summed E-state index contributed by atoms with van der Waals surface area (Å²) in [5, 5.41) is 5.65. The second kappa shape index (κ2) is 9.29. The Morgan fingerprint density at radius 1 is 0.966 bits per heavy atom. The minimum atomic E-state index is -4.59. The van der Waals surface area contributed by atoms with Crippen LogP contribution >= 0.6 is 22.6 Å². The lowest BCUT2D eigenvalue weighted by atomic mass is 10.2. The number of alkyl halides is 3. The van der Waals surface area contributed by atoms with E-state index in [1.165, 1.54) is 0 Å². The first-order valence-corrected chi connectivity index (χ1v) is 9.90. The summed E-state index contributed by atoms with van der Waals surface area (Å²) in [5.41, 5.74) is 0.184. The van der Waals surface area contributed by atoms with Gasteiger partial charge in [-0.3, -0.25) is 0 Å². The Morgan fingerprint density at radius 3 is 2.21 bits per heavy atom. The van der Waals surface area contributed by atoms with Gasteiger partial charge >= 0.3 is 6.18 Å². The first-order valence-electron chi connectivity index (χ1n) is 8.82. The molecule has 0 unspecified atom stereocenters. The number of hydrogen-bond donors (Lipinski definition) is 2. The standard InChI is InChI=1S/C20H18F3IN4O/c1-2-11-29-16-9-7-14(8-10-16)26-18-17(20(21,22)23)12-25-19(28-18)27-15-5-3-13(24)4-6-15/h3-10,12H,2,11H2,1H3,(H2,25,26,27,28). The third kappa shape index (κ3) is 5.96. The average molecular weight is 514 g/mol. The molecular weight excluding hydrogens is 496 g/mol. The summed E-state index contributed by atoms with van der Waals surface area (Å²) in [7, 11) is 0. The summed E-state index contributed by atoms with van der Waals surface area (Å²) in [6.07, 6.45) is -2.96. The largest absolute Gasteiger partial charge is 0.494 e. The molecule has 0 atom stereocenters. The molecule has 152 valence electrons. The van der Waals surface area contributed by atoms with Crippen molar-refractivity contribution in [1.82, 2.24) is 9.97 Å².